The molecule has 0 spiro atoms. The molecule has 0 aromatic carbocycles. The van der Waals surface area contributed by atoms with Gasteiger partial charge in [0.15, 0.2) is 5.78 Å². The number of fused-ring (bicyclic) bond motifs is 3. The van der Waals surface area contributed by atoms with Gasteiger partial charge in [-0.2, -0.15) is 0 Å². The first kappa shape index (κ1) is 12.2. The summed E-state index contributed by atoms with van der Waals surface area (Å²) in [4.78, 5) is 28.6. The minimum atomic E-state index is -1.04. The number of aromatic nitrogens is 2. The number of nitrogens with zero attached hydrogens (tertiary/aromatic N) is 2. The van der Waals surface area contributed by atoms with Crippen LogP contribution in [-0.2, 0) is 11.3 Å². The summed E-state index contributed by atoms with van der Waals surface area (Å²) in [6, 6.07) is 3.67. The summed E-state index contributed by atoms with van der Waals surface area (Å²) in [6.07, 6.45) is 4.01. The van der Waals surface area contributed by atoms with E-state index < -0.39 is 11.9 Å². The number of aliphatic carboxylic acids is 1. The van der Waals surface area contributed by atoms with Crippen LogP contribution in [0.25, 0.3) is 11.0 Å². The van der Waals surface area contributed by atoms with E-state index in [2.05, 4.69) is 4.98 Å². The van der Waals surface area contributed by atoms with Crippen LogP contribution in [0.3, 0.4) is 0 Å². The first-order valence-electron chi connectivity index (χ1n) is 5.92. The van der Waals surface area contributed by atoms with Gasteiger partial charge in [-0.15, -0.1) is 11.8 Å². The zero-order valence-corrected chi connectivity index (χ0v) is 11.1. The Hall–Kier alpha value is -1.82. The molecule has 0 saturated carbocycles. The number of ketones is 1. The topological polar surface area (TPSA) is 72.2 Å². The minimum Gasteiger partial charge on any atom is -0.481 e. The highest BCUT2D eigenvalue weighted by atomic mass is 32.2. The second kappa shape index (κ2) is 4.38. The van der Waals surface area contributed by atoms with E-state index >= 15 is 0 Å². The molecule has 3 rings (SSSR count). The predicted octanol–water partition coefficient (Wildman–Crippen LogP) is 2.05. The van der Waals surface area contributed by atoms with Crippen molar-refractivity contribution in [1.29, 1.82) is 0 Å². The molecule has 5 nitrogen and oxygen atoms in total. The van der Waals surface area contributed by atoms with Crippen LogP contribution in [0.4, 0.5) is 0 Å². The Balaban J connectivity index is 2.21. The monoisotopic (exact) mass is 276 g/mol. The van der Waals surface area contributed by atoms with Gasteiger partial charge in [-0.3, -0.25) is 9.59 Å². The number of rotatable bonds is 2. The molecular weight excluding hydrogens is 264 g/mol. The first-order chi connectivity index (χ1) is 9.13. The molecule has 2 aromatic rings. The highest BCUT2D eigenvalue weighted by molar-refractivity contribution is 7.98. The number of hydrogen-bond donors (Lipinski definition) is 1. The van der Waals surface area contributed by atoms with Crippen molar-refractivity contribution in [2.75, 3.05) is 6.26 Å². The number of carboxylic acid groups (broad SMARTS) is 1. The van der Waals surface area contributed by atoms with Crippen LogP contribution < -0.4 is 0 Å². The van der Waals surface area contributed by atoms with E-state index in [4.69, 9.17) is 5.11 Å². The number of aryl methyl sites for hydroxylation is 1. The molecule has 3 heterocycles. The Morgan fingerprint density at radius 1 is 1.58 bits per heavy atom. The molecule has 1 aliphatic rings. The van der Waals surface area contributed by atoms with E-state index in [1.807, 2.05) is 16.9 Å². The molecule has 1 N–H and O–H groups in total. The lowest BCUT2D eigenvalue weighted by atomic mass is 9.95. The molecule has 0 amide bonds. The van der Waals surface area contributed by atoms with Gasteiger partial charge in [0.25, 0.3) is 0 Å². The fraction of sp³-hybridized carbons (Fsp3) is 0.308. The fourth-order valence-electron chi connectivity index (χ4n) is 2.54. The Morgan fingerprint density at radius 2 is 2.37 bits per heavy atom. The summed E-state index contributed by atoms with van der Waals surface area (Å²) in [6.45, 7) is 0.520. The number of pyridine rings is 1. The van der Waals surface area contributed by atoms with Gasteiger partial charge in [-0.05, 0) is 24.8 Å². The maximum atomic E-state index is 12.2. The highest BCUT2D eigenvalue weighted by Gasteiger charge is 2.34. The summed E-state index contributed by atoms with van der Waals surface area (Å²) in [5.41, 5.74) is 1.22. The highest BCUT2D eigenvalue weighted by Crippen LogP contribution is 2.32. The molecule has 0 radical (unpaired) electrons. The van der Waals surface area contributed by atoms with Crippen molar-refractivity contribution in [3.05, 3.63) is 24.0 Å². The van der Waals surface area contributed by atoms with Crippen LogP contribution in [-0.4, -0.2) is 32.7 Å². The molecular formula is C13H12N2O3S. The van der Waals surface area contributed by atoms with Crippen LogP contribution in [0.15, 0.2) is 23.2 Å². The average Bonchev–Trinajstić information content (AvgIpc) is 2.78. The molecule has 0 aliphatic carbocycles. The van der Waals surface area contributed by atoms with E-state index in [0.29, 0.717) is 18.7 Å². The Bertz CT molecular complexity index is 692. The molecule has 98 valence electrons. The predicted molar refractivity (Wildman–Crippen MR) is 71.6 cm³/mol. The molecule has 1 atom stereocenters. The molecule has 1 aliphatic heterocycles. The van der Waals surface area contributed by atoms with Crippen molar-refractivity contribution >= 4 is 34.5 Å². The molecule has 1 unspecified atom stereocenters. The van der Waals surface area contributed by atoms with E-state index in [9.17, 15) is 9.59 Å². The third-order valence-corrected chi connectivity index (χ3v) is 4.28. The largest absolute Gasteiger partial charge is 0.481 e. The van der Waals surface area contributed by atoms with Gasteiger partial charge in [-0.25, -0.2) is 4.98 Å². The molecule has 19 heavy (non-hydrogen) atoms. The van der Waals surface area contributed by atoms with Gasteiger partial charge in [0.2, 0.25) is 0 Å². The lowest BCUT2D eigenvalue weighted by Crippen LogP contribution is -2.31. The number of thioether (sulfide) groups is 1. The van der Waals surface area contributed by atoms with Crippen LogP contribution >= 0.6 is 11.8 Å². The Labute approximate surface area is 113 Å². The molecule has 0 saturated heterocycles. The summed E-state index contributed by atoms with van der Waals surface area (Å²) in [7, 11) is 0. The number of carboxylic acids is 1. The molecule has 6 heteroatoms. The smallest absolute Gasteiger partial charge is 0.314 e. The lowest BCUT2D eigenvalue weighted by molar-refractivity contribution is -0.140. The molecule has 2 aromatic heterocycles. The maximum Gasteiger partial charge on any atom is 0.314 e. The normalized spacial score (nSPS) is 18.6. The van der Waals surface area contributed by atoms with Gasteiger partial charge in [0.05, 0.1) is 5.69 Å². The summed E-state index contributed by atoms with van der Waals surface area (Å²) in [5, 5.41) is 9.98. The van der Waals surface area contributed by atoms with Crippen LogP contribution in [0.5, 0.6) is 0 Å². The number of carbonyl (C=O) groups is 2. The van der Waals surface area contributed by atoms with Crippen molar-refractivity contribution in [1.82, 2.24) is 9.55 Å². The van der Waals surface area contributed by atoms with Gasteiger partial charge < -0.3 is 9.67 Å². The van der Waals surface area contributed by atoms with Crippen molar-refractivity contribution in [2.45, 2.75) is 17.9 Å². The van der Waals surface area contributed by atoms with Gasteiger partial charge >= 0.3 is 5.97 Å². The van der Waals surface area contributed by atoms with Crippen molar-refractivity contribution in [3.63, 3.8) is 0 Å². The average molecular weight is 276 g/mol. The summed E-state index contributed by atoms with van der Waals surface area (Å²) < 4.78 is 1.83. The standard InChI is InChI=1S/C13H12N2O3S/c1-19-10-2-4-14-12-8(10)6-9-11(16)7(13(17)18)3-5-15(9)12/h2,4,6-7H,3,5H2,1H3,(H,17,18). The summed E-state index contributed by atoms with van der Waals surface area (Å²) in [5.74, 6) is -2.28. The van der Waals surface area contributed by atoms with Crippen molar-refractivity contribution in [3.8, 4) is 0 Å². The number of hydrogen-bond acceptors (Lipinski definition) is 4. The van der Waals surface area contributed by atoms with Crippen LogP contribution in [0, 0.1) is 5.92 Å². The summed E-state index contributed by atoms with van der Waals surface area (Å²) >= 11 is 1.59. The van der Waals surface area contributed by atoms with Gasteiger partial charge in [-0.1, -0.05) is 0 Å². The Kier molecular flexibility index (Phi) is 2.82. The third-order valence-electron chi connectivity index (χ3n) is 3.48. The van der Waals surface area contributed by atoms with E-state index in [-0.39, 0.29) is 5.78 Å². The molecule has 0 fully saturated rings. The minimum absolute atomic E-state index is 0.316. The van der Waals surface area contributed by atoms with Crippen LogP contribution in [0.1, 0.15) is 16.9 Å². The van der Waals surface area contributed by atoms with E-state index in [0.717, 1.165) is 15.9 Å². The maximum absolute atomic E-state index is 12.2. The lowest BCUT2D eigenvalue weighted by Gasteiger charge is -2.19. The zero-order chi connectivity index (χ0) is 13.6. The number of Topliss-reactive ketones (excluding diaryl/α,β-unsaturated/α-hetero) is 1. The van der Waals surface area contributed by atoms with Crippen molar-refractivity contribution in [2.24, 2.45) is 5.92 Å². The quantitative estimate of drug-likeness (QED) is 0.671. The first-order valence-corrected chi connectivity index (χ1v) is 7.15. The zero-order valence-electron chi connectivity index (χ0n) is 10.3. The van der Waals surface area contributed by atoms with Crippen LogP contribution in [0.2, 0.25) is 0 Å². The number of carbonyl (C=O) groups excluding carboxylic acids is 1. The molecule has 0 bridgehead atoms. The van der Waals surface area contributed by atoms with Crippen molar-refractivity contribution < 1.29 is 14.7 Å². The Morgan fingerprint density at radius 3 is 3.05 bits per heavy atom. The second-order valence-electron chi connectivity index (χ2n) is 4.48. The SMILES string of the molecule is CSc1ccnc2c1cc1n2CCC(C(=O)O)C1=O. The fourth-order valence-corrected chi connectivity index (χ4v) is 3.10. The third kappa shape index (κ3) is 1.74. The van der Waals surface area contributed by atoms with Gasteiger partial charge in [0, 0.05) is 23.0 Å². The second-order valence-corrected chi connectivity index (χ2v) is 5.32. The van der Waals surface area contributed by atoms with E-state index in [1.165, 1.54) is 0 Å². The van der Waals surface area contributed by atoms with E-state index in [1.54, 1.807) is 24.0 Å². The van der Waals surface area contributed by atoms with Gasteiger partial charge in [0.1, 0.15) is 11.6 Å².